The molecule has 0 bridgehead atoms. The number of H-pyrrole nitrogens is 1. The molecule has 4 rings (SSSR count). The third kappa shape index (κ3) is 3.77. The number of amides is 1. The van der Waals surface area contributed by atoms with Crippen LogP contribution in [0.1, 0.15) is 45.8 Å². The second-order valence-corrected chi connectivity index (χ2v) is 7.82. The number of pyridine rings is 2. The van der Waals surface area contributed by atoms with Crippen molar-refractivity contribution in [1.29, 1.82) is 0 Å². The Balaban J connectivity index is 1.72. The molecule has 1 atom stereocenters. The van der Waals surface area contributed by atoms with Gasteiger partial charge in [0.1, 0.15) is 5.75 Å². The van der Waals surface area contributed by atoms with Crippen molar-refractivity contribution in [3.05, 3.63) is 93.3 Å². The van der Waals surface area contributed by atoms with Crippen LogP contribution in [0.5, 0.6) is 5.75 Å². The van der Waals surface area contributed by atoms with Crippen LogP contribution in [0.25, 0.3) is 10.9 Å². The summed E-state index contributed by atoms with van der Waals surface area (Å²) in [5, 5.41) is 3.77. The van der Waals surface area contributed by atoms with Crippen molar-refractivity contribution >= 4 is 16.8 Å². The lowest BCUT2D eigenvalue weighted by molar-refractivity contribution is 0.0951. The second-order valence-electron chi connectivity index (χ2n) is 7.82. The Morgan fingerprint density at radius 2 is 2.00 bits per heavy atom. The average Bonchev–Trinajstić information content (AvgIpc) is 3.09. The summed E-state index contributed by atoms with van der Waals surface area (Å²) >= 11 is 0. The fraction of sp³-hybridized carbons (Fsp3) is 0.240. The molecule has 7 heteroatoms. The Hall–Kier alpha value is -3.87. The van der Waals surface area contributed by atoms with Crippen molar-refractivity contribution in [2.24, 2.45) is 0 Å². The summed E-state index contributed by atoms with van der Waals surface area (Å²) < 4.78 is 7.50. The maximum absolute atomic E-state index is 13.3. The Kier molecular flexibility index (Phi) is 5.81. The highest BCUT2D eigenvalue weighted by Gasteiger charge is 2.23. The van der Waals surface area contributed by atoms with E-state index in [9.17, 15) is 9.59 Å². The van der Waals surface area contributed by atoms with E-state index < -0.39 is 0 Å². The molecule has 0 fully saturated rings. The number of rotatable bonds is 6. The number of nitrogens with zero attached hydrogens (tertiary/aromatic N) is 2. The minimum Gasteiger partial charge on any atom is -0.496 e. The van der Waals surface area contributed by atoms with Gasteiger partial charge in [-0.1, -0.05) is 24.3 Å². The van der Waals surface area contributed by atoms with Crippen LogP contribution in [0, 0.1) is 13.8 Å². The first-order valence-corrected chi connectivity index (χ1v) is 10.5. The number of fused-ring (bicyclic) bond motifs is 1. The van der Waals surface area contributed by atoms with Gasteiger partial charge in [0, 0.05) is 34.7 Å². The molecule has 1 unspecified atom stereocenters. The second kappa shape index (κ2) is 8.70. The van der Waals surface area contributed by atoms with Gasteiger partial charge >= 0.3 is 0 Å². The number of carbonyl (C=O) groups excluding carboxylic acids is 1. The monoisotopic (exact) mass is 430 g/mol. The van der Waals surface area contributed by atoms with Gasteiger partial charge in [0.05, 0.1) is 30.8 Å². The van der Waals surface area contributed by atoms with Gasteiger partial charge < -0.3 is 19.6 Å². The van der Waals surface area contributed by atoms with Crippen molar-refractivity contribution in [2.45, 2.75) is 33.4 Å². The standard InChI is InChI=1S/C25H26N4O3/c1-15-12-22(32-4)20(24(30)28-15)14-27-25(31)23-17(3)29(21-10-6-5-9-19(21)23)16(2)18-8-7-11-26-13-18/h5-13,16H,14H2,1-4H3,(H,27,31)(H,28,30). The average molecular weight is 431 g/mol. The molecule has 3 aromatic heterocycles. The summed E-state index contributed by atoms with van der Waals surface area (Å²) in [6.45, 7) is 5.89. The van der Waals surface area contributed by atoms with E-state index in [0.29, 0.717) is 22.6 Å². The van der Waals surface area contributed by atoms with Crippen LogP contribution in [-0.2, 0) is 6.54 Å². The third-order valence-electron chi connectivity index (χ3n) is 5.81. The maximum atomic E-state index is 13.3. The van der Waals surface area contributed by atoms with E-state index in [1.807, 2.05) is 49.5 Å². The lowest BCUT2D eigenvalue weighted by atomic mass is 10.1. The molecule has 2 N–H and O–H groups in total. The minimum atomic E-state index is -0.272. The van der Waals surface area contributed by atoms with E-state index in [2.05, 4.69) is 26.8 Å². The fourth-order valence-electron chi connectivity index (χ4n) is 4.24. The van der Waals surface area contributed by atoms with Crippen molar-refractivity contribution in [3.63, 3.8) is 0 Å². The number of carbonyl (C=O) groups is 1. The van der Waals surface area contributed by atoms with Crippen molar-refractivity contribution in [3.8, 4) is 5.75 Å². The molecule has 0 radical (unpaired) electrons. The van der Waals surface area contributed by atoms with Gasteiger partial charge in [-0.05, 0) is 44.5 Å². The molecule has 32 heavy (non-hydrogen) atoms. The summed E-state index contributed by atoms with van der Waals surface area (Å²) in [4.78, 5) is 32.7. The molecule has 0 aliphatic carbocycles. The number of benzene rings is 1. The van der Waals surface area contributed by atoms with Gasteiger partial charge in [-0.2, -0.15) is 0 Å². The summed E-state index contributed by atoms with van der Waals surface area (Å²) in [6.07, 6.45) is 3.59. The van der Waals surface area contributed by atoms with Gasteiger partial charge in [-0.15, -0.1) is 0 Å². The summed E-state index contributed by atoms with van der Waals surface area (Å²) in [5.74, 6) is 0.216. The molecule has 0 aliphatic heterocycles. The summed E-state index contributed by atoms with van der Waals surface area (Å²) in [6, 6.07) is 13.5. The lowest BCUT2D eigenvalue weighted by Crippen LogP contribution is -2.28. The molecule has 0 saturated heterocycles. The van der Waals surface area contributed by atoms with Crippen molar-refractivity contribution in [2.75, 3.05) is 7.11 Å². The number of ether oxygens (including phenoxy) is 1. The number of aromatic nitrogens is 3. The van der Waals surface area contributed by atoms with Crippen LogP contribution >= 0.6 is 0 Å². The Morgan fingerprint density at radius 1 is 1.22 bits per heavy atom. The first-order valence-electron chi connectivity index (χ1n) is 10.5. The molecular formula is C25H26N4O3. The molecule has 3 heterocycles. The smallest absolute Gasteiger partial charge is 0.256 e. The highest BCUT2D eigenvalue weighted by molar-refractivity contribution is 6.08. The van der Waals surface area contributed by atoms with E-state index in [0.717, 1.165) is 22.2 Å². The first-order chi connectivity index (χ1) is 15.4. The van der Waals surface area contributed by atoms with Gasteiger partial charge in [0.25, 0.3) is 11.5 Å². The van der Waals surface area contributed by atoms with E-state index >= 15 is 0 Å². The van der Waals surface area contributed by atoms with Crippen molar-refractivity contribution < 1.29 is 9.53 Å². The van der Waals surface area contributed by atoms with Crippen LogP contribution < -0.4 is 15.6 Å². The van der Waals surface area contributed by atoms with Crippen LogP contribution in [0.4, 0.5) is 0 Å². The molecule has 0 aliphatic rings. The summed E-state index contributed by atoms with van der Waals surface area (Å²) in [5.41, 5.74) is 4.29. The van der Waals surface area contributed by atoms with Gasteiger partial charge in [0.15, 0.2) is 0 Å². The number of aryl methyl sites for hydroxylation is 1. The van der Waals surface area contributed by atoms with E-state index in [4.69, 9.17) is 4.74 Å². The largest absolute Gasteiger partial charge is 0.496 e. The number of aromatic amines is 1. The molecule has 0 spiro atoms. The zero-order chi connectivity index (χ0) is 22.8. The van der Waals surface area contributed by atoms with Crippen LogP contribution in [-0.4, -0.2) is 27.6 Å². The minimum absolute atomic E-state index is 0.00446. The van der Waals surface area contributed by atoms with E-state index in [1.54, 1.807) is 19.2 Å². The van der Waals surface area contributed by atoms with Crippen LogP contribution in [0.15, 0.2) is 59.7 Å². The van der Waals surface area contributed by atoms with Gasteiger partial charge in [-0.3, -0.25) is 14.6 Å². The highest BCUT2D eigenvalue weighted by atomic mass is 16.5. The predicted molar refractivity (Wildman–Crippen MR) is 124 cm³/mol. The van der Waals surface area contributed by atoms with Gasteiger partial charge in [0.2, 0.25) is 0 Å². The SMILES string of the molecule is COc1cc(C)[nH]c(=O)c1CNC(=O)c1c(C)n(C(C)c2cccnc2)c2ccccc12. The quantitative estimate of drug-likeness (QED) is 0.486. The Morgan fingerprint density at radius 3 is 2.72 bits per heavy atom. The maximum Gasteiger partial charge on any atom is 0.256 e. The van der Waals surface area contributed by atoms with Crippen LogP contribution in [0.3, 0.4) is 0 Å². The molecule has 1 amide bonds. The molecule has 164 valence electrons. The molecule has 0 saturated carbocycles. The Bertz CT molecular complexity index is 1340. The number of nitrogens with one attached hydrogen (secondary N) is 2. The van der Waals surface area contributed by atoms with E-state index in [1.165, 1.54) is 7.11 Å². The zero-order valence-corrected chi connectivity index (χ0v) is 18.6. The van der Waals surface area contributed by atoms with Crippen molar-refractivity contribution in [1.82, 2.24) is 19.9 Å². The van der Waals surface area contributed by atoms with Gasteiger partial charge in [-0.25, -0.2) is 0 Å². The normalized spacial score (nSPS) is 12.0. The molecule has 1 aromatic carbocycles. The third-order valence-corrected chi connectivity index (χ3v) is 5.81. The predicted octanol–water partition coefficient (Wildman–Crippen LogP) is 3.89. The van der Waals surface area contributed by atoms with E-state index in [-0.39, 0.29) is 24.1 Å². The zero-order valence-electron chi connectivity index (χ0n) is 18.6. The molecule has 7 nitrogen and oxygen atoms in total. The number of para-hydroxylation sites is 1. The van der Waals surface area contributed by atoms with Crippen LogP contribution in [0.2, 0.25) is 0 Å². The highest BCUT2D eigenvalue weighted by Crippen LogP contribution is 2.31. The number of hydrogen-bond acceptors (Lipinski definition) is 4. The topological polar surface area (TPSA) is 89.0 Å². The molecule has 4 aromatic rings. The number of methoxy groups -OCH3 is 1. The number of hydrogen-bond donors (Lipinski definition) is 2. The fourth-order valence-corrected chi connectivity index (χ4v) is 4.24. The Labute approximate surface area is 186 Å². The summed E-state index contributed by atoms with van der Waals surface area (Å²) in [7, 11) is 1.51. The lowest BCUT2D eigenvalue weighted by Gasteiger charge is -2.18. The first kappa shape index (κ1) is 21.4. The molecular weight excluding hydrogens is 404 g/mol.